The molecule has 0 spiro atoms. The number of rotatable bonds is 3. The molecule has 0 aromatic carbocycles. The normalized spacial score (nSPS) is 25.7. The first kappa shape index (κ1) is 16.2. The van der Waals surface area contributed by atoms with Crippen LogP contribution in [0.3, 0.4) is 0 Å². The van der Waals surface area contributed by atoms with Gasteiger partial charge in [-0.05, 0) is 19.4 Å². The lowest BCUT2D eigenvalue weighted by Crippen LogP contribution is -2.49. The molecule has 1 aromatic rings. The molecule has 7 nitrogen and oxygen atoms in total. The van der Waals surface area contributed by atoms with Crippen molar-refractivity contribution in [2.24, 2.45) is 0 Å². The molecule has 2 N–H and O–H groups in total. The fourth-order valence-corrected chi connectivity index (χ4v) is 2.73. The molecule has 2 aliphatic rings. The molecule has 3 rings (SSSR count). The van der Waals surface area contributed by atoms with Gasteiger partial charge in [0.2, 0.25) is 5.91 Å². The minimum Gasteiger partial charge on any atom is -0.366 e. The van der Waals surface area contributed by atoms with Gasteiger partial charge in [0.25, 0.3) is 0 Å². The van der Waals surface area contributed by atoms with Crippen LogP contribution in [0.2, 0.25) is 0 Å². The summed E-state index contributed by atoms with van der Waals surface area (Å²) in [5.74, 6) is 1.69. The summed E-state index contributed by atoms with van der Waals surface area (Å²) in [5, 5.41) is 10.3. The molecule has 2 unspecified atom stereocenters. The Balaban J connectivity index is 0.00000161. The summed E-state index contributed by atoms with van der Waals surface area (Å²) in [7, 11) is 0. The number of nitrogens with zero attached hydrogens (tertiary/aromatic N) is 3. The molecule has 21 heavy (non-hydrogen) atoms. The number of hydrogen-bond donors (Lipinski definition) is 2. The average molecular weight is 316 g/mol. The molecule has 2 aliphatic heterocycles. The van der Waals surface area contributed by atoms with Crippen LogP contribution < -0.4 is 5.32 Å². The maximum absolute atomic E-state index is 12.4. The SMILES string of the molecule is CCc1nc(C2CN(C(=O)C3CCCN3)CCO2)n[nH]1.Cl. The molecule has 0 aliphatic carbocycles. The number of carbonyl (C=O) groups excluding carboxylic acids is 1. The van der Waals surface area contributed by atoms with Crippen LogP contribution in [0.4, 0.5) is 0 Å². The van der Waals surface area contributed by atoms with Gasteiger partial charge in [0, 0.05) is 13.0 Å². The van der Waals surface area contributed by atoms with E-state index in [4.69, 9.17) is 4.74 Å². The monoisotopic (exact) mass is 315 g/mol. The van der Waals surface area contributed by atoms with E-state index in [-0.39, 0.29) is 30.5 Å². The van der Waals surface area contributed by atoms with Crippen molar-refractivity contribution < 1.29 is 9.53 Å². The first-order chi connectivity index (χ1) is 9.78. The van der Waals surface area contributed by atoms with Crippen LogP contribution in [0.1, 0.15) is 37.5 Å². The van der Waals surface area contributed by atoms with E-state index in [0.717, 1.165) is 31.6 Å². The second-order valence-electron chi connectivity index (χ2n) is 5.29. The van der Waals surface area contributed by atoms with Crippen molar-refractivity contribution in [2.75, 3.05) is 26.2 Å². The van der Waals surface area contributed by atoms with E-state index >= 15 is 0 Å². The highest BCUT2D eigenvalue weighted by Gasteiger charge is 2.32. The van der Waals surface area contributed by atoms with Gasteiger partial charge < -0.3 is 15.0 Å². The number of halogens is 1. The zero-order valence-corrected chi connectivity index (χ0v) is 13.0. The maximum Gasteiger partial charge on any atom is 0.239 e. The van der Waals surface area contributed by atoms with Gasteiger partial charge in [-0.15, -0.1) is 12.4 Å². The largest absolute Gasteiger partial charge is 0.366 e. The summed E-state index contributed by atoms with van der Waals surface area (Å²) in [5.41, 5.74) is 0. The maximum atomic E-state index is 12.4. The van der Waals surface area contributed by atoms with Crippen LogP contribution in [0.15, 0.2) is 0 Å². The number of aromatic amines is 1. The summed E-state index contributed by atoms with van der Waals surface area (Å²) in [4.78, 5) is 18.7. The van der Waals surface area contributed by atoms with Crippen molar-refractivity contribution in [2.45, 2.75) is 38.3 Å². The van der Waals surface area contributed by atoms with Crippen molar-refractivity contribution in [3.05, 3.63) is 11.6 Å². The smallest absolute Gasteiger partial charge is 0.239 e. The van der Waals surface area contributed by atoms with Crippen LogP contribution >= 0.6 is 12.4 Å². The van der Waals surface area contributed by atoms with E-state index in [1.54, 1.807) is 0 Å². The topological polar surface area (TPSA) is 83.1 Å². The van der Waals surface area contributed by atoms with Gasteiger partial charge in [0.1, 0.15) is 11.9 Å². The van der Waals surface area contributed by atoms with Crippen molar-refractivity contribution in [3.8, 4) is 0 Å². The third-order valence-electron chi connectivity index (χ3n) is 3.91. The molecule has 0 saturated carbocycles. The molecule has 2 fully saturated rings. The van der Waals surface area contributed by atoms with Gasteiger partial charge >= 0.3 is 0 Å². The van der Waals surface area contributed by atoms with Crippen molar-refractivity contribution >= 4 is 18.3 Å². The molecule has 0 bridgehead atoms. The lowest BCUT2D eigenvalue weighted by molar-refractivity contribution is -0.141. The highest BCUT2D eigenvalue weighted by molar-refractivity contribution is 5.85. The van der Waals surface area contributed by atoms with Crippen LogP contribution in [0, 0.1) is 0 Å². The summed E-state index contributed by atoms with van der Waals surface area (Å²) in [6.45, 7) is 4.69. The first-order valence-electron chi connectivity index (χ1n) is 7.33. The molecule has 1 aromatic heterocycles. The second kappa shape index (κ2) is 7.20. The number of nitrogens with one attached hydrogen (secondary N) is 2. The number of carbonyl (C=O) groups is 1. The van der Waals surface area contributed by atoms with Gasteiger partial charge in [-0.1, -0.05) is 6.92 Å². The second-order valence-corrected chi connectivity index (χ2v) is 5.29. The highest BCUT2D eigenvalue weighted by Crippen LogP contribution is 2.20. The molecular weight excluding hydrogens is 294 g/mol. The van der Waals surface area contributed by atoms with Crippen LogP contribution in [0.5, 0.6) is 0 Å². The summed E-state index contributed by atoms with van der Waals surface area (Å²) in [6, 6.07) is -0.0212. The first-order valence-corrected chi connectivity index (χ1v) is 7.33. The number of ether oxygens (including phenoxy) is 1. The fourth-order valence-electron chi connectivity index (χ4n) is 2.73. The Morgan fingerprint density at radius 1 is 1.52 bits per heavy atom. The van der Waals surface area contributed by atoms with E-state index in [0.29, 0.717) is 25.5 Å². The summed E-state index contributed by atoms with van der Waals surface area (Å²) in [6.07, 6.45) is 2.60. The Morgan fingerprint density at radius 3 is 3.05 bits per heavy atom. The summed E-state index contributed by atoms with van der Waals surface area (Å²) >= 11 is 0. The molecule has 1 amide bonds. The Morgan fingerprint density at radius 2 is 2.38 bits per heavy atom. The molecular formula is C13H22ClN5O2. The Hall–Kier alpha value is -1.18. The third-order valence-corrected chi connectivity index (χ3v) is 3.91. The minimum absolute atomic E-state index is 0. The quantitative estimate of drug-likeness (QED) is 0.846. The van der Waals surface area contributed by atoms with Gasteiger partial charge in [-0.25, -0.2) is 4.98 Å². The third kappa shape index (κ3) is 3.53. The standard InChI is InChI=1S/C13H21N5O2.ClH/c1-2-11-15-12(17-16-11)10-8-18(6-7-20-10)13(19)9-4-3-5-14-9;/h9-10,14H,2-8H2,1H3,(H,15,16,17);1H. The minimum atomic E-state index is -0.217. The average Bonchev–Trinajstić information content (AvgIpc) is 3.17. The Bertz CT molecular complexity index is 475. The lowest BCUT2D eigenvalue weighted by Gasteiger charge is -2.33. The predicted octanol–water partition coefficient (Wildman–Crippen LogP) is 0.441. The number of aryl methyl sites for hydroxylation is 1. The number of amides is 1. The van der Waals surface area contributed by atoms with E-state index < -0.39 is 0 Å². The Kier molecular flexibility index (Phi) is 5.55. The van der Waals surface area contributed by atoms with Gasteiger partial charge in [0.05, 0.1) is 19.2 Å². The molecule has 2 atom stereocenters. The number of morpholine rings is 1. The van der Waals surface area contributed by atoms with Crippen LogP contribution in [0.25, 0.3) is 0 Å². The van der Waals surface area contributed by atoms with Gasteiger partial charge in [0.15, 0.2) is 5.82 Å². The number of hydrogen-bond acceptors (Lipinski definition) is 5. The van der Waals surface area contributed by atoms with Crippen molar-refractivity contribution in [3.63, 3.8) is 0 Å². The molecule has 118 valence electrons. The van der Waals surface area contributed by atoms with Gasteiger partial charge in [-0.2, -0.15) is 5.10 Å². The molecule has 3 heterocycles. The highest BCUT2D eigenvalue weighted by atomic mass is 35.5. The van der Waals surface area contributed by atoms with E-state index in [9.17, 15) is 4.79 Å². The molecule has 2 saturated heterocycles. The van der Waals surface area contributed by atoms with Crippen LogP contribution in [-0.4, -0.2) is 58.3 Å². The Labute approximate surface area is 130 Å². The van der Waals surface area contributed by atoms with E-state index in [1.807, 2.05) is 11.8 Å². The molecule has 8 heteroatoms. The predicted molar refractivity (Wildman–Crippen MR) is 79.3 cm³/mol. The zero-order valence-electron chi connectivity index (χ0n) is 12.2. The van der Waals surface area contributed by atoms with E-state index in [2.05, 4.69) is 20.5 Å². The van der Waals surface area contributed by atoms with Crippen molar-refractivity contribution in [1.29, 1.82) is 0 Å². The number of H-pyrrole nitrogens is 1. The van der Waals surface area contributed by atoms with Crippen molar-refractivity contribution in [1.82, 2.24) is 25.4 Å². The zero-order chi connectivity index (χ0) is 13.9. The van der Waals surface area contributed by atoms with E-state index in [1.165, 1.54) is 0 Å². The fraction of sp³-hybridized carbons (Fsp3) is 0.769. The molecule has 0 radical (unpaired) electrons. The summed E-state index contributed by atoms with van der Waals surface area (Å²) < 4.78 is 5.71. The van der Waals surface area contributed by atoms with Crippen LogP contribution in [-0.2, 0) is 16.0 Å². The number of aromatic nitrogens is 3. The van der Waals surface area contributed by atoms with Gasteiger partial charge in [-0.3, -0.25) is 9.89 Å². The lowest BCUT2D eigenvalue weighted by atomic mass is 10.1.